The molecule has 0 aliphatic carbocycles. The van der Waals surface area contributed by atoms with Crippen LogP contribution in [0.2, 0.25) is 0 Å². The average molecular weight is 621 g/mol. The summed E-state index contributed by atoms with van der Waals surface area (Å²) in [4.78, 5) is 30.9. The van der Waals surface area contributed by atoms with Crippen LogP contribution < -0.4 is 14.5 Å². The fourth-order valence-electron chi connectivity index (χ4n) is 7.54. The predicted molar refractivity (Wildman–Crippen MR) is 178 cm³/mol. The van der Waals surface area contributed by atoms with Crippen LogP contribution in [0, 0.1) is 17.7 Å². The summed E-state index contributed by atoms with van der Waals surface area (Å²) in [6, 6.07) is 20.7. The van der Waals surface area contributed by atoms with Gasteiger partial charge in [-0.2, -0.15) is 0 Å². The molecule has 4 atom stereocenters. The molecule has 0 radical (unpaired) electrons. The van der Waals surface area contributed by atoms with Crippen molar-refractivity contribution in [3.63, 3.8) is 0 Å². The SMILES string of the molecule is CN1CC2CC1CN(c1cncc(C(=O)c3ccccc3)c1)C2.CN1CC2CC1CN(c1cncc(Oc3ccc(F)cc3)c1)C2. The van der Waals surface area contributed by atoms with Crippen LogP contribution in [0.15, 0.2) is 91.5 Å². The summed E-state index contributed by atoms with van der Waals surface area (Å²) in [7, 11) is 4.42. The summed E-state index contributed by atoms with van der Waals surface area (Å²) < 4.78 is 18.8. The van der Waals surface area contributed by atoms with Crippen LogP contribution in [-0.2, 0) is 0 Å². The van der Waals surface area contributed by atoms with Crippen molar-refractivity contribution in [1.82, 2.24) is 19.8 Å². The van der Waals surface area contributed by atoms with E-state index in [1.165, 1.54) is 38.1 Å². The molecule has 2 aromatic heterocycles. The van der Waals surface area contributed by atoms with E-state index >= 15 is 0 Å². The molecular formula is C37H41FN6O2. The van der Waals surface area contributed by atoms with Gasteiger partial charge in [-0.05, 0) is 69.1 Å². The van der Waals surface area contributed by atoms with Crippen LogP contribution >= 0.6 is 0 Å². The summed E-state index contributed by atoms with van der Waals surface area (Å²) in [5, 5.41) is 0. The number of halogens is 1. The Morgan fingerprint density at radius 1 is 0.674 bits per heavy atom. The van der Waals surface area contributed by atoms with E-state index in [-0.39, 0.29) is 11.6 Å². The van der Waals surface area contributed by atoms with E-state index in [0.29, 0.717) is 34.7 Å². The Balaban J connectivity index is 0.000000147. The Hall–Kier alpha value is -4.34. The number of carbonyl (C=O) groups is 1. The first-order chi connectivity index (χ1) is 22.4. The topological polar surface area (TPSA) is 65.0 Å². The highest BCUT2D eigenvalue weighted by molar-refractivity contribution is 6.09. The summed E-state index contributed by atoms with van der Waals surface area (Å²) in [5.74, 6) is 2.53. The van der Waals surface area contributed by atoms with Gasteiger partial charge in [0.15, 0.2) is 5.78 Å². The quantitative estimate of drug-likeness (QED) is 0.258. The van der Waals surface area contributed by atoms with Crippen molar-refractivity contribution in [2.75, 3.05) is 63.2 Å². The molecule has 9 heteroatoms. The maximum atomic E-state index is 13.0. The highest BCUT2D eigenvalue weighted by Crippen LogP contribution is 2.34. The number of anilines is 2. The Bertz CT molecular complexity index is 1650. The van der Waals surface area contributed by atoms with Crippen molar-refractivity contribution < 1.29 is 13.9 Å². The molecule has 4 aliphatic rings. The number of carbonyl (C=O) groups excluding carboxylic acids is 1. The van der Waals surface area contributed by atoms with Gasteiger partial charge in [0.05, 0.1) is 30.0 Å². The monoisotopic (exact) mass is 620 g/mol. The smallest absolute Gasteiger partial charge is 0.194 e. The number of nitrogens with zero attached hydrogens (tertiary/aromatic N) is 6. The number of hydrogen-bond acceptors (Lipinski definition) is 8. The fraction of sp³-hybridized carbons (Fsp3) is 0.378. The fourth-order valence-corrected chi connectivity index (χ4v) is 7.54. The maximum absolute atomic E-state index is 13.0. The molecule has 238 valence electrons. The van der Waals surface area contributed by atoms with Crippen LogP contribution in [0.4, 0.5) is 15.8 Å². The van der Waals surface area contributed by atoms with Crippen molar-refractivity contribution in [1.29, 1.82) is 0 Å². The van der Waals surface area contributed by atoms with Crippen LogP contribution in [0.1, 0.15) is 28.8 Å². The summed E-state index contributed by atoms with van der Waals surface area (Å²) in [6.07, 6.45) is 9.73. The van der Waals surface area contributed by atoms with Gasteiger partial charge in [0.2, 0.25) is 0 Å². The molecule has 4 unspecified atom stereocenters. The molecule has 8 rings (SSSR count). The second kappa shape index (κ2) is 13.2. The van der Waals surface area contributed by atoms with E-state index < -0.39 is 0 Å². The average Bonchev–Trinajstić information content (AvgIpc) is 3.50. The molecule has 4 saturated heterocycles. The minimum atomic E-state index is -0.267. The summed E-state index contributed by atoms with van der Waals surface area (Å²) in [6.45, 7) is 6.55. The number of ether oxygens (including phenoxy) is 1. The number of piperidine rings is 2. The van der Waals surface area contributed by atoms with Crippen LogP contribution in [0.25, 0.3) is 0 Å². The number of ketones is 1. The summed E-state index contributed by atoms with van der Waals surface area (Å²) in [5.41, 5.74) is 3.54. The zero-order chi connectivity index (χ0) is 31.6. The molecule has 4 fully saturated rings. The minimum absolute atomic E-state index is 0.0389. The van der Waals surface area contributed by atoms with Gasteiger partial charge in [-0.15, -0.1) is 0 Å². The normalized spacial score (nSPS) is 24.0. The first kappa shape index (κ1) is 30.3. The van der Waals surface area contributed by atoms with Crippen molar-refractivity contribution >= 4 is 17.2 Å². The lowest BCUT2D eigenvalue weighted by Crippen LogP contribution is -2.41. The van der Waals surface area contributed by atoms with Gasteiger partial charge in [-0.1, -0.05) is 30.3 Å². The van der Waals surface area contributed by atoms with Gasteiger partial charge >= 0.3 is 0 Å². The Morgan fingerprint density at radius 3 is 1.87 bits per heavy atom. The predicted octanol–water partition coefficient (Wildman–Crippen LogP) is 5.61. The molecule has 8 nitrogen and oxygen atoms in total. The Labute approximate surface area is 270 Å². The van der Waals surface area contributed by atoms with Crippen LogP contribution in [-0.4, -0.2) is 91.0 Å². The number of aromatic nitrogens is 2. The third kappa shape index (κ3) is 6.76. The lowest BCUT2D eigenvalue weighted by atomic mass is 9.99. The summed E-state index contributed by atoms with van der Waals surface area (Å²) >= 11 is 0. The molecule has 0 N–H and O–H groups in total. The molecule has 6 heterocycles. The standard InChI is InChI=1S/C19H21N3O.C18H20FN3O/c1-21-11-14-7-18(21)13-22(12-14)17-8-16(9-20-10-17)19(23)15-5-3-2-4-6-15;1-21-10-13-6-16(21)12-22(11-13)15-7-18(9-20-8-15)23-17-4-2-14(19)3-5-17/h2-6,8-10,14,18H,7,11-13H2,1H3;2-5,7-9,13,16H,6,10-12H2,1H3. The zero-order valence-corrected chi connectivity index (χ0v) is 26.5. The second-order valence-electron chi connectivity index (χ2n) is 13.3. The molecular weight excluding hydrogens is 579 g/mol. The Morgan fingerprint density at radius 2 is 1.26 bits per heavy atom. The van der Waals surface area contributed by atoms with E-state index in [0.717, 1.165) is 49.4 Å². The molecule has 4 aromatic rings. The third-order valence-corrected chi connectivity index (χ3v) is 9.87. The van der Waals surface area contributed by atoms with Crippen molar-refractivity contribution in [2.45, 2.75) is 24.9 Å². The number of pyridine rings is 2. The van der Waals surface area contributed by atoms with E-state index in [1.54, 1.807) is 24.5 Å². The highest BCUT2D eigenvalue weighted by atomic mass is 19.1. The number of likely N-dealkylation sites (tertiary alicyclic amines) is 2. The molecule has 4 aliphatic heterocycles. The van der Waals surface area contributed by atoms with E-state index in [4.69, 9.17) is 4.74 Å². The van der Waals surface area contributed by atoms with Crippen molar-refractivity contribution in [2.24, 2.45) is 11.8 Å². The molecule has 0 spiro atoms. The third-order valence-electron chi connectivity index (χ3n) is 9.87. The van der Waals surface area contributed by atoms with Gasteiger partial charge in [-0.3, -0.25) is 14.8 Å². The van der Waals surface area contributed by atoms with Gasteiger partial charge in [0.1, 0.15) is 17.3 Å². The number of hydrogen-bond donors (Lipinski definition) is 0. The number of likely N-dealkylation sites (N-methyl/N-ethyl adjacent to an activating group) is 2. The van der Waals surface area contributed by atoms with Crippen molar-refractivity contribution in [3.05, 3.63) is 108 Å². The zero-order valence-electron chi connectivity index (χ0n) is 26.5. The first-order valence-electron chi connectivity index (χ1n) is 16.2. The number of fused-ring (bicyclic) bond motifs is 4. The maximum Gasteiger partial charge on any atom is 0.194 e. The number of rotatable bonds is 6. The van der Waals surface area contributed by atoms with Crippen LogP contribution in [0.3, 0.4) is 0 Å². The molecule has 4 bridgehead atoms. The van der Waals surface area contributed by atoms with E-state index in [9.17, 15) is 9.18 Å². The van der Waals surface area contributed by atoms with Gasteiger partial charge in [0.25, 0.3) is 0 Å². The second-order valence-corrected chi connectivity index (χ2v) is 13.3. The lowest BCUT2D eigenvalue weighted by molar-refractivity contribution is 0.103. The Kier molecular flexibility index (Phi) is 8.69. The molecule has 2 aromatic carbocycles. The highest BCUT2D eigenvalue weighted by Gasteiger charge is 2.37. The van der Waals surface area contributed by atoms with Gasteiger partial charge in [0, 0.05) is 74.7 Å². The van der Waals surface area contributed by atoms with E-state index in [1.807, 2.05) is 54.9 Å². The molecule has 0 saturated carbocycles. The lowest BCUT2D eigenvalue weighted by Gasteiger charge is -2.33. The van der Waals surface area contributed by atoms with Crippen molar-refractivity contribution in [3.8, 4) is 11.5 Å². The van der Waals surface area contributed by atoms with E-state index in [2.05, 4.69) is 43.7 Å². The first-order valence-corrected chi connectivity index (χ1v) is 16.2. The molecule has 46 heavy (non-hydrogen) atoms. The van der Waals surface area contributed by atoms with Gasteiger partial charge in [-0.25, -0.2) is 4.39 Å². The largest absolute Gasteiger partial charge is 0.456 e. The van der Waals surface area contributed by atoms with Crippen LogP contribution in [0.5, 0.6) is 11.5 Å². The van der Waals surface area contributed by atoms with Gasteiger partial charge < -0.3 is 24.3 Å². The minimum Gasteiger partial charge on any atom is -0.456 e. The number of benzene rings is 2. The molecule has 0 amide bonds.